The predicted molar refractivity (Wildman–Crippen MR) is 414 cm³/mol. The standard InChI is InChI=1S/C76H107N21O14/c1-9-44(6)66(86-46(8)99)73(109)88-57(17-12-13-25-77)75(111)96-29-27-95(28-30-96)50-21-24-55-53(35-50)74(110)97(41-85-55)39-64(102)87-56(18-14-26-82-76(79)80)67(103)92-61(34-49-38-81-40-84-49)70(106)90-59(32-47-19-22-51(100)23-20-47)69(105)89-58(31-42(2)3)68(104)93-62(36-63(78)101)71(107)91-60(72(108)94-65(43(4)5)45(7)98)33-48-37-83-54-16-11-10-15-52(48)54/h10-11,15-16,19-24,35,37-38,40-44,56-62,65-66,83,100H,9,12-14,17-18,25-34,36,39,77H2,1-8H3,(H2,78,101)(H,81,84)(H,86,99)(H,87,102)(H,88,109)(H,89,105)(H,90,106)(H,91,107)(H,92,103)(H,93,104)(H,94,108)(H4,79,80,82)/t44-,56-,57-,58-,59?,60-,61-,62-,65-,66-/m0/s1. The van der Waals surface area contributed by atoms with Crippen LogP contribution in [0.1, 0.15) is 124 Å². The molecule has 10 atom stereocenters. The van der Waals surface area contributed by atoms with Gasteiger partial charge in [-0.1, -0.05) is 78.3 Å². The van der Waals surface area contributed by atoms with E-state index >= 15 is 0 Å². The van der Waals surface area contributed by atoms with E-state index in [1.807, 2.05) is 36.9 Å². The predicted octanol–water partition coefficient (Wildman–Crippen LogP) is -0.329. The molecule has 600 valence electrons. The molecule has 1 fully saturated rings. The zero-order valence-electron chi connectivity index (χ0n) is 64.0. The SMILES string of the molecule is CC[C@H](C)[C@H](NC(C)=O)C(=O)N[C@@H](CCCCN)C(=O)N1CCN(c2ccc3ncn(CC(=O)N[C@@H](CCCNC(=N)N)C(=O)N[C@@H](Cc4cnc[nH]4)C(=O)NC(Cc4ccc(O)cc4)C(=O)N[C@@H](CC(C)C)C(=O)N[C@@H](CC(N)=O)C(=O)N[C@@H](Cc4c[nH]c5ccccc45)C(=O)N[C@H](C(C)=O)C(C)C)c(=O)c3c2)CC1. The molecule has 3 aromatic carbocycles. The van der Waals surface area contributed by atoms with Gasteiger partial charge in [-0.15, -0.1) is 0 Å². The molecule has 35 heteroatoms. The summed E-state index contributed by atoms with van der Waals surface area (Å²) in [5.41, 5.74) is 19.5. The number of carbonyl (C=O) groups is 12. The number of piperazine rings is 1. The lowest BCUT2D eigenvalue weighted by Crippen LogP contribution is -2.61. The number of unbranched alkanes of at least 4 members (excludes halogenated alkanes) is 1. The van der Waals surface area contributed by atoms with Crippen molar-refractivity contribution < 1.29 is 62.6 Å². The summed E-state index contributed by atoms with van der Waals surface area (Å²) in [7, 11) is 0. The molecule has 3 aromatic heterocycles. The number of imidazole rings is 1. The van der Waals surface area contributed by atoms with Gasteiger partial charge in [0.1, 0.15) is 60.6 Å². The third-order valence-corrected chi connectivity index (χ3v) is 19.3. The van der Waals surface area contributed by atoms with E-state index in [-0.39, 0.29) is 111 Å². The number of aromatic nitrogens is 5. The summed E-state index contributed by atoms with van der Waals surface area (Å²) in [6, 6.07) is 6.25. The second-order valence-electron chi connectivity index (χ2n) is 28.9. The van der Waals surface area contributed by atoms with Gasteiger partial charge in [0.05, 0.1) is 36.0 Å². The average Bonchev–Trinajstić information content (AvgIpc) is 1.76. The Morgan fingerprint density at radius 3 is 1.85 bits per heavy atom. The topological polar surface area (TPSA) is 533 Å². The first kappa shape index (κ1) is 86.5. The minimum absolute atomic E-state index is 0.0689. The molecule has 111 heavy (non-hydrogen) atoms. The lowest BCUT2D eigenvalue weighted by atomic mass is 9.97. The highest BCUT2D eigenvalue weighted by atomic mass is 16.3. The number of guanidine groups is 1. The third kappa shape index (κ3) is 25.9. The first-order valence-corrected chi connectivity index (χ1v) is 37.4. The van der Waals surface area contributed by atoms with Crippen LogP contribution in [-0.2, 0) is 83.3 Å². The van der Waals surface area contributed by atoms with Gasteiger partial charge in [-0.05, 0) is 117 Å². The van der Waals surface area contributed by atoms with Crippen molar-refractivity contribution in [1.29, 1.82) is 5.41 Å². The van der Waals surface area contributed by atoms with Crippen molar-refractivity contribution in [3.8, 4) is 5.75 Å². The number of nitrogens with one attached hydrogen (secondary N) is 13. The Labute approximate surface area is 642 Å². The highest BCUT2D eigenvalue weighted by molar-refractivity contribution is 6.00. The number of nitrogens with zero attached hydrogens (tertiary/aromatic N) is 5. The molecule has 0 aliphatic carbocycles. The molecule has 0 saturated carbocycles. The Balaban J connectivity index is 1.08. The second kappa shape index (κ2) is 41.7. The number of benzene rings is 3. The molecule has 35 nitrogen and oxygen atoms in total. The third-order valence-electron chi connectivity index (χ3n) is 19.3. The van der Waals surface area contributed by atoms with Gasteiger partial charge >= 0.3 is 0 Å². The average molecular weight is 1540 g/mol. The van der Waals surface area contributed by atoms with Crippen LogP contribution in [0.2, 0.25) is 0 Å². The molecular weight excluding hydrogens is 1430 g/mol. The number of aromatic hydroxyl groups is 1. The van der Waals surface area contributed by atoms with Crippen molar-refractivity contribution >= 4 is 104 Å². The van der Waals surface area contributed by atoms with Crippen LogP contribution < -0.4 is 80.8 Å². The molecule has 7 rings (SSSR count). The Kier molecular flexibility index (Phi) is 32.5. The van der Waals surface area contributed by atoms with Crippen LogP contribution in [0.4, 0.5) is 5.69 Å². The number of nitrogens with two attached hydrogens (primary N) is 3. The summed E-state index contributed by atoms with van der Waals surface area (Å²) in [6.07, 6.45) is 6.25. The Morgan fingerprint density at radius 1 is 0.631 bits per heavy atom. The van der Waals surface area contributed by atoms with E-state index in [0.29, 0.717) is 73.3 Å². The number of rotatable bonds is 42. The number of anilines is 1. The number of primary amides is 1. The first-order chi connectivity index (χ1) is 52.8. The number of hydrogen-bond acceptors (Lipinski definition) is 19. The van der Waals surface area contributed by atoms with Crippen molar-refractivity contribution in [2.75, 3.05) is 44.2 Å². The smallest absolute Gasteiger partial charge is 0.261 e. The molecule has 20 N–H and O–H groups in total. The quantitative estimate of drug-likeness (QED) is 0.0133. The lowest BCUT2D eigenvalue weighted by molar-refractivity contribution is -0.138. The normalized spacial score (nSPS) is 14.9. The largest absolute Gasteiger partial charge is 0.508 e. The van der Waals surface area contributed by atoms with Gasteiger partial charge in [0.2, 0.25) is 65.0 Å². The van der Waals surface area contributed by atoms with Gasteiger partial charge in [0, 0.05) is 93.6 Å². The van der Waals surface area contributed by atoms with Crippen LogP contribution in [0.5, 0.6) is 5.75 Å². The number of phenols is 1. The minimum Gasteiger partial charge on any atom is -0.508 e. The van der Waals surface area contributed by atoms with E-state index in [2.05, 4.69) is 73.1 Å². The van der Waals surface area contributed by atoms with Crippen molar-refractivity contribution in [1.82, 2.24) is 82.6 Å². The first-order valence-electron chi connectivity index (χ1n) is 37.4. The maximum atomic E-state index is 15.0. The van der Waals surface area contributed by atoms with E-state index < -0.39 is 126 Å². The van der Waals surface area contributed by atoms with Crippen LogP contribution in [0, 0.1) is 23.2 Å². The van der Waals surface area contributed by atoms with Gasteiger partial charge in [-0.3, -0.25) is 72.3 Å². The maximum absolute atomic E-state index is 15.0. The molecule has 6 aromatic rings. The maximum Gasteiger partial charge on any atom is 0.261 e. The zero-order valence-corrected chi connectivity index (χ0v) is 64.0. The molecule has 4 heterocycles. The molecular formula is C76H107N21O14. The van der Waals surface area contributed by atoms with Gasteiger partial charge in [-0.2, -0.15) is 0 Å². The number of para-hydroxylation sites is 1. The summed E-state index contributed by atoms with van der Waals surface area (Å²) in [5.74, 6) is -10.1. The monoisotopic (exact) mass is 1540 g/mol. The fourth-order valence-electron chi connectivity index (χ4n) is 13.1. The number of fused-ring (bicyclic) bond motifs is 2. The highest BCUT2D eigenvalue weighted by Gasteiger charge is 2.38. The molecule has 1 aliphatic heterocycles. The molecule has 1 unspecified atom stereocenters. The fraction of sp³-hybridized carbons (Fsp3) is 0.500. The number of hydrogen-bond donors (Lipinski definition) is 17. The number of Topliss-reactive ketones (excluding diaryl/α,β-unsaturated/α-hetero) is 1. The zero-order chi connectivity index (χ0) is 81.2. The number of H-pyrrole nitrogens is 2. The number of amides is 11. The number of aromatic amines is 2. The summed E-state index contributed by atoms with van der Waals surface area (Å²) < 4.78 is 1.06. The van der Waals surface area contributed by atoms with Crippen LogP contribution in [0.25, 0.3) is 21.8 Å². The molecule has 0 spiro atoms. The number of phenolic OH excluding ortho intramolecular Hbond substituents is 1. The molecule has 1 aliphatic rings. The van der Waals surface area contributed by atoms with E-state index in [1.54, 1.807) is 63.1 Å². The number of carbonyl (C=O) groups excluding carboxylic acids is 12. The van der Waals surface area contributed by atoms with Crippen LogP contribution in [0.3, 0.4) is 0 Å². The van der Waals surface area contributed by atoms with Crippen molar-refractivity contribution in [2.45, 2.75) is 187 Å². The molecule has 0 radical (unpaired) electrons. The van der Waals surface area contributed by atoms with E-state index in [1.165, 1.54) is 57.0 Å². The molecule has 1 saturated heterocycles. The van der Waals surface area contributed by atoms with Crippen LogP contribution in [0.15, 0.2) is 96.6 Å². The van der Waals surface area contributed by atoms with Crippen molar-refractivity contribution in [3.05, 3.63) is 119 Å². The Hall–Kier alpha value is -11.8. The fourth-order valence-corrected chi connectivity index (χ4v) is 13.1. The van der Waals surface area contributed by atoms with Gasteiger partial charge in [0.15, 0.2) is 11.7 Å². The van der Waals surface area contributed by atoms with E-state index in [4.69, 9.17) is 22.6 Å². The Morgan fingerprint density at radius 2 is 1.23 bits per heavy atom. The minimum atomic E-state index is -1.73. The summed E-state index contributed by atoms with van der Waals surface area (Å²) in [5, 5.41) is 45.9. The van der Waals surface area contributed by atoms with Gasteiger partial charge in [-0.25, -0.2) is 9.97 Å². The number of ketones is 1. The van der Waals surface area contributed by atoms with Crippen molar-refractivity contribution in [3.63, 3.8) is 0 Å². The van der Waals surface area contributed by atoms with Crippen LogP contribution >= 0.6 is 0 Å². The van der Waals surface area contributed by atoms with Gasteiger partial charge < -0.3 is 95.2 Å². The summed E-state index contributed by atoms with van der Waals surface area (Å²) in [6.45, 7) is 14.5. The molecule has 0 bridgehead atoms. The van der Waals surface area contributed by atoms with Crippen molar-refractivity contribution in [2.24, 2.45) is 35.0 Å². The van der Waals surface area contributed by atoms with Crippen LogP contribution in [-0.4, -0.2) is 205 Å². The second-order valence-corrected chi connectivity index (χ2v) is 28.9. The molecule has 11 amide bonds. The summed E-state index contributed by atoms with van der Waals surface area (Å²) in [4.78, 5) is 200. The van der Waals surface area contributed by atoms with E-state index in [0.717, 1.165) is 15.5 Å². The Bertz CT molecular complexity index is 4310. The lowest BCUT2D eigenvalue weighted by Gasteiger charge is -2.38. The summed E-state index contributed by atoms with van der Waals surface area (Å²) >= 11 is 0. The van der Waals surface area contributed by atoms with E-state index in [9.17, 15) is 67.4 Å². The van der Waals surface area contributed by atoms with Gasteiger partial charge in [0.25, 0.3) is 5.56 Å². The highest BCUT2D eigenvalue weighted by Crippen LogP contribution is 2.24.